The molecule has 0 aliphatic rings. The van der Waals surface area contributed by atoms with Gasteiger partial charge in [-0.2, -0.15) is 0 Å². The number of hydrogen-bond donors (Lipinski definition) is 0. The van der Waals surface area contributed by atoms with Gasteiger partial charge in [-0.1, -0.05) is 51.1 Å². The molecule has 0 heterocycles. The Bertz CT molecular complexity index is 301. The van der Waals surface area contributed by atoms with Gasteiger partial charge in [0.1, 0.15) is 0 Å². The van der Waals surface area contributed by atoms with Gasteiger partial charge in [0.15, 0.2) is 5.78 Å². The SMILES string of the molecule is CCC(CC)(CC)C(=O)c1ccccc1. The Morgan fingerprint density at radius 2 is 1.47 bits per heavy atom. The van der Waals surface area contributed by atoms with Gasteiger partial charge in [-0.15, -0.1) is 0 Å². The molecule has 0 radical (unpaired) electrons. The fraction of sp³-hybridized carbons (Fsp3) is 0.500. The van der Waals surface area contributed by atoms with Gasteiger partial charge in [-0.3, -0.25) is 4.79 Å². The fourth-order valence-corrected chi connectivity index (χ4v) is 2.13. The highest BCUT2D eigenvalue weighted by Crippen LogP contribution is 2.34. The summed E-state index contributed by atoms with van der Waals surface area (Å²) in [5.41, 5.74) is 0.699. The summed E-state index contributed by atoms with van der Waals surface area (Å²) < 4.78 is 0. The van der Waals surface area contributed by atoms with Gasteiger partial charge in [-0.05, 0) is 19.3 Å². The molecule has 0 atom stereocenters. The molecule has 0 aliphatic carbocycles. The molecular weight excluding hydrogens is 184 g/mol. The first-order valence-electron chi connectivity index (χ1n) is 5.80. The third-order valence-electron chi connectivity index (χ3n) is 3.55. The zero-order chi connectivity index (χ0) is 11.3. The van der Waals surface area contributed by atoms with Crippen LogP contribution < -0.4 is 0 Å². The second kappa shape index (κ2) is 5.11. The molecule has 0 unspecified atom stereocenters. The summed E-state index contributed by atoms with van der Waals surface area (Å²) in [6.45, 7) is 6.32. The zero-order valence-electron chi connectivity index (χ0n) is 9.92. The predicted octanol–water partition coefficient (Wildman–Crippen LogP) is 4.09. The minimum Gasteiger partial charge on any atom is -0.294 e. The molecule has 0 saturated carbocycles. The van der Waals surface area contributed by atoms with E-state index in [1.165, 1.54) is 0 Å². The van der Waals surface area contributed by atoms with E-state index in [1.54, 1.807) is 0 Å². The molecule has 0 saturated heterocycles. The Morgan fingerprint density at radius 3 is 1.87 bits per heavy atom. The summed E-state index contributed by atoms with van der Waals surface area (Å²) in [5.74, 6) is 0.301. The van der Waals surface area contributed by atoms with E-state index in [4.69, 9.17) is 0 Å². The molecule has 0 amide bonds. The Labute approximate surface area is 92.5 Å². The van der Waals surface area contributed by atoms with Crippen LogP contribution >= 0.6 is 0 Å². The number of ketones is 1. The highest BCUT2D eigenvalue weighted by Gasteiger charge is 2.33. The molecule has 15 heavy (non-hydrogen) atoms. The van der Waals surface area contributed by atoms with Crippen LogP contribution in [0.4, 0.5) is 0 Å². The van der Waals surface area contributed by atoms with Crippen molar-refractivity contribution in [2.45, 2.75) is 40.0 Å². The summed E-state index contributed by atoms with van der Waals surface area (Å²) >= 11 is 0. The van der Waals surface area contributed by atoms with Gasteiger partial charge in [0.05, 0.1) is 0 Å². The molecule has 1 aromatic rings. The van der Waals surface area contributed by atoms with E-state index < -0.39 is 0 Å². The lowest BCUT2D eigenvalue weighted by Gasteiger charge is -2.28. The van der Waals surface area contributed by atoms with Crippen molar-refractivity contribution in [3.05, 3.63) is 35.9 Å². The van der Waals surface area contributed by atoms with Gasteiger partial charge < -0.3 is 0 Å². The number of Topliss-reactive ketones (excluding diaryl/α,β-unsaturated/α-hetero) is 1. The van der Waals surface area contributed by atoms with Gasteiger partial charge in [0.25, 0.3) is 0 Å². The zero-order valence-corrected chi connectivity index (χ0v) is 9.92. The Hall–Kier alpha value is -1.11. The summed E-state index contributed by atoms with van der Waals surface area (Å²) in [6, 6.07) is 9.64. The summed E-state index contributed by atoms with van der Waals surface area (Å²) in [6.07, 6.45) is 2.77. The number of rotatable bonds is 5. The molecular formula is C14H20O. The van der Waals surface area contributed by atoms with E-state index >= 15 is 0 Å². The highest BCUT2D eigenvalue weighted by molar-refractivity contribution is 6.00. The molecule has 1 nitrogen and oxygen atoms in total. The van der Waals surface area contributed by atoms with Crippen LogP contribution in [-0.4, -0.2) is 5.78 Å². The largest absolute Gasteiger partial charge is 0.294 e. The third-order valence-corrected chi connectivity index (χ3v) is 3.55. The van der Waals surface area contributed by atoms with Crippen molar-refractivity contribution in [2.24, 2.45) is 5.41 Å². The van der Waals surface area contributed by atoms with Crippen molar-refractivity contribution in [1.82, 2.24) is 0 Å². The minimum atomic E-state index is -0.151. The number of benzene rings is 1. The topological polar surface area (TPSA) is 17.1 Å². The first kappa shape index (κ1) is 12.0. The molecule has 0 N–H and O–H groups in total. The van der Waals surface area contributed by atoms with Crippen LogP contribution in [0.2, 0.25) is 0 Å². The number of carbonyl (C=O) groups is 1. The average Bonchev–Trinajstić information content (AvgIpc) is 2.33. The molecule has 1 heteroatoms. The van der Waals surface area contributed by atoms with Crippen molar-refractivity contribution in [1.29, 1.82) is 0 Å². The monoisotopic (exact) mass is 204 g/mol. The Balaban J connectivity index is 3.01. The van der Waals surface area contributed by atoms with Crippen molar-refractivity contribution < 1.29 is 4.79 Å². The summed E-state index contributed by atoms with van der Waals surface area (Å²) in [7, 11) is 0. The summed E-state index contributed by atoms with van der Waals surface area (Å²) in [4.78, 5) is 12.4. The molecule has 0 aromatic heterocycles. The fourth-order valence-electron chi connectivity index (χ4n) is 2.13. The number of hydrogen-bond acceptors (Lipinski definition) is 1. The van der Waals surface area contributed by atoms with Crippen LogP contribution in [0.1, 0.15) is 50.4 Å². The van der Waals surface area contributed by atoms with Gasteiger partial charge in [0.2, 0.25) is 0 Å². The van der Waals surface area contributed by atoms with E-state index in [2.05, 4.69) is 20.8 Å². The quantitative estimate of drug-likeness (QED) is 0.660. The average molecular weight is 204 g/mol. The van der Waals surface area contributed by atoms with E-state index in [-0.39, 0.29) is 5.41 Å². The van der Waals surface area contributed by atoms with Crippen LogP contribution in [0.15, 0.2) is 30.3 Å². The number of carbonyl (C=O) groups excluding carboxylic acids is 1. The second-order valence-electron chi connectivity index (χ2n) is 4.04. The molecule has 0 bridgehead atoms. The molecule has 1 aromatic carbocycles. The van der Waals surface area contributed by atoms with Gasteiger partial charge in [-0.25, -0.2) is 0 Å². The van der Waals surface area contributed by atoms with Crippen LogP contribution in [0, 0.1) is 5.41 Å². The molecule has 1 rings (SSSR count). The lowest BCUT2D eigenvalue weighted by atomic mass is 9.74. The van der Waals surface area contributed by atoms with Gasteiger partial charge >= 0.3 is 0 Å². The van der Waals surface area contributed by atoms with Crippen molar-refractivity contribution in [2.75, 3.05) is 0 Å². The minimum absolute atomic E-state index is 0.151. The first-order chi connectivity index (χ1) is 7.20. The molecule has 0 fully saturated rings. The lowest BCUT2D eigenvalue weighted by Crippen LogP contribution is -2.29. The van der Waals surface area contributed by atoms with Gasteiger partial charge in [0, 0.05) is 11.0 Å². The van der Waals surface area contributed by atoms with E-state index in [0.717, 1.165) is 24.8 Å². The maximum absolute atomic E-state index is 12.4. The third kappa shape index (κ3) is 2.28. The van der Waals surface area contributed by atoms with Crippen LogP contribution in [0.5, 0.6) is 0 Å². The Morgan fingerprint density at radius 1 is 1.00 bits per heavy atom. The standard InChI is InChI=1S/C14H20O/c1-4-14(5-2,6-3)13(15)12-10-8-7-9-11-12/h7-11H,4-6H2,1-3H3. The molecule has 82 valence electrons. The Kier molecular flexibility index (Phi) is 4.07. The van der Waals surface area contributed by atoms with Crippen LogP contribution in [0.25, 0.3) is 0 Å². The predicted molar refractivity (Wildman–Crippen MR) is 64.1 cm³/mol. The van der Waals surface area contributed by atoms with E-state index in [1.807, 2.05) is 30.3 Å². The van der Waals surface area contributed by atoms with E-state index in [0.29, 0.717) is 5.78 Å². The molecule has 0 aliphatic heterocycles. The maximum atomic E-state index is 12.4. The maximum Gasteiger partial charge on any atom is 0.168 e. The summed E-state index contributed by atoms with van der Waals surface area (Å²) in [5, 5.41) is 0. The normalized spacial score (nSPS) is 11.4. The van der Waals surface area contributed by atoms with Crippen molar-refractivity contribution in [3.8, 4) is 0 Å². The van der Waals surface area contributed by atoms with Crippen LogP contribution in [0.3, 0.4) is 0 Å². The highest BCUT2D eigenvalue weighted by atomic mass is 16.1. The van der Waals surface area contributed by atoms with Crippen LogP contribution in [-0.2, 0) is 0 Å². The van der Waals surface area contributed by atoms with E-state index in [9.17, 15) is 4.79 Å². The second-order valence-corrected chi connectivity index (χ2v) is 4.04. The smallest absolute Gasteiger partial charge is 0.168 e. The first-order valence-corrected chi connectivity index (χ1v) is 5.80. The lowest BCUT2D eigenvalue weighted by molar-refractivity contribution is 0.0766. The molecule has 0 spiro atoms. The van der Waals surface area contributed by atoms with Crippen molar-refractivity contribution >= 4 is 5.78 Å². The van der Waals surface area contributed by atoms with Crippen molar-refractivity contribution in [3.63, 3.8) is 0 Å².